The monoisotopic (exact) mass is 812 g/mol. The maximum absolute atomic E-state index is 14.5. The summed E-state index contributed by atoms with van der Waals surface area (Å²) in [6.45, 7) is 0.691. The van der Waals surface area contributed by atoms with E-state index in [2.05, 4.69) is 30.9 Å². The average Bonchev–Trinajstić information content (AvgIpc) is 4.04. The molecule has 2 aliphatic rings. The van der Waals surface area contributed by atoms with Gasteiger partial charge in [0.05, 0.1) is 34.4 Å². The second-order valence-corrected chi connectivity index (χ2v) is 14.6. The third-order valence-electron chi connectivity index (χ3n) is 9.67. The minimum absolute atomic E-state index is 0.0194. The predicted octanol–water partition coefficient (Wildman–Crippen LogP) is 7.66. The van der Waals surface area contributed by atoms with Gasteiger partial charge in [-0.05, 0) is 61.9 Å². The first-order valence-electron chi connectivity index (χ1n) is 17.4. The van der Waals surface area contributed by atoms with Crippen molar-refractivity contribution in [1.29, 1.82) is 5.41 Å². The number of alkyl halides is 7. The molecule has 2 aromatic heterocycles. The zero-order chi connectivity index (χ0) is 40.6. The molecule has 21 heteroatoms. The fraction of sp³-hybridized carbons (Fsp3) is 0.457. The number of benzene rings is 2. The van der Waals surface area contributed by atoms with Crippen molar-refractivity contribution >= 4 is 29.6 Å². The molecule has 0 saturated heterocycles. The quantitative estimate of drug-likeness (QED) is 0.0666. The van der Waals surface area contributed by atoms with E-state index in [4.69, 9.17) is 21.7 Å². The van der Waals surface area contributed by atoms with Crippen LogP contribution in [0.2, 0.25) is 5.02 Å². The number of alkyl carbamates (subject to hydrolysis) is 1. The second kappa shape index (κ2) is 15.7. The lowest BCUT2D eigenvalue weighted by Gasteiger charge is -2.34. The summed E-state index contributed by atoms with van der Waals surface area (Å²) in [7, 11) is 0. The van der Waals surface area contributed by atoms with Gasteiger partial charge in [0.25, 0.3) is 18.8 Å². The molecule has 0 unspecified atom stereocenters. The Hall–Kier alpha value is -5.27. The lowest BCUT2D eigenvalue weighted by atomic mass is 9.88. The summed E-state index contributed by atoms with van der Waals surface area (Å²) >= 11 is 6.40. The Labute approximate surface area is 320 Å². The van der Waals surface area contributed by atoms with E-state index >= 15 is 0 Å². The van der Waals surface area contributed by atoms with Crippen molar-refractivity contribution in [3.8, 4) is 16.9 Å². The van der Waals surface area contributed by atoms with Crippen LogP contribution in [-0.4, -0.2) is 83.9 Å². The number of nitrogens with zero attached hydrogens (tertiary/aromatic N) is 7. The fourth-order valence-electron chi connectivity index (χ4n) is 5.66. The zero-order valence-corrected chi connectivity index (χ0v) is 30.6. The summed E-state index contributed by atoms with van der Waals surface area (Å²) in [4.78, 5) is 33.4. The highest BCUT2D eigenvalue weighted by Crippen LogP contribution is 2.42. The Morgan fingerprint density at radius 1 is 1.07 bits per heavy atom. The van der Waals surface area contributed by atoms with Crippen molar-refractivity contribution in [3.05, 3.63) is 77.0 Å². The van der Waals surface area contributed by atoms with Gasteiger partial charge in [0, 0.05) is 17.7 Å². The van der Waals surface area contributed by atoms with Crippen LogP contribution in [0.3, 0.4) is 0 Å². The number of halogens is 8. The van der Waals surface area contributed by atoms with Crippen LogP contribution in [0.1, 0.15) is 86.2 Å². The Bertz CT molecular complexity index is 2060. The number of hydrogen-bond acceptors (Lipinski definition) is 8. The highest BCUT2D eigenvalue weighted by Gasteiger charge is 2.53. The summed E-state index contributed by atoms with van der Waals surface area (Å²) in [5.41, 5.74) is -3.04. The molecule has 4 aromatic rings. The van der Waals surface area contributed by atoms with Crippen LogP contribution in [0, 0.1) is 10.8 Å². The van der Waals surface area contributed by atoms with Crippen molar-refractivity contribution in [1.82, 2.24) is 45.3 Å². The summed E-state index contributed by atoms with van der Waals surface area (Å²) < 4.78 is 102. The number of carbonyl (C=O) groups excluding carboxylic acids is 2. The first kappa shape index (κ1) is 40.4. The Kier molecular flexibility index (Phi) is 11.3. The van der Waals surface area contributed by atoms with E-state index in [1.807, 2.05) is 0 Å². The number of rotatable bonds is 14. The van der Waals surface area contributed by atoms with Gasteiger partial charge in [-0.3, -0.25) is 15.1 Å². The van der Waals surface area contributed by atoms with Gasteiger partial charge in [-0.1, -0.05) is 43.6 Å². The van der Waals surface area contributed by atoms with Gasteiger partial charge in [-0.15, -0.1) is 0 Å². The summed E-state index contributed by atoms with van der Waals surface area (Å²) in [5.74, 6) is -2.42. The molecule has 2 aliphatic carbocycles. The second-order valence-electron chi connectivity index (χ2n) is 14.2. The number of carbonyl (C=O) groups is 2. The molecule has 2 aromatic carbocycles. The summed E-state index contributed by atoms with van der Waals surface area (Å²) in [6.07, 6.45) is -8.12. The molecular weight excluding hydrogens is 777 g/mol. The van der Waals surface area contributed by atoms with Crippen LogP contribution in [0.15, 0.2) is 55.0 Å². The third-order valence-corrected chi connectivity index (χ3v) is 9.99. The van der Waals surface area contributed by atoms with Crippen LogP contribution in [0.25, 0.3) is 16.9 Å². The highest BCUT2D eigenvalue weighted by molar-refractivity contribution is 6.32. The van der Waals surface area contributed by atoms with Gasteiger partial charge in [0.2, 0.25) is 0 Å². The molecule has 13 nitrogen and oxygen atoms in total. The molecule has 2 saturated carbocycles. The minimum atomic E-state index is -4.60. The number of hydrogen-bond donors (Lipinski definition) is 3. The molecule has 0 aliphatic heterocycles. The molecule has 56 heavy (non-hydrogen) atoms. The summed E-state index contributed by atoms with van der Waals surface area (Å²) in [6, 6.07) is 8.50. The van der Waals surface area contributed by atoms with E-state index in [0.29, 0.717) is 11.3 Å². The van der Waals surface area contributed by atoms with E-state index in [1.54, 1.807) is 23.1 Å². The van der Waals surface area contributed by atoms with E-state index < -0.39 is 79.4 Å². The van der Waals surface area contributed by atoms with Crippen molar-refractivity contribution in [2.45, 2.75) is 82.6 Å². The molecule has 0 radical (unpaired) electrons. The standard InChI is InChI=1S/C35H36ClF7N10O3/c1-33(2,35(41,42)43)13-14-45-31(44)51(29(54)20-5-3-19(4-6-20)24-16-47-53(50-24)22-8-9-22)26(17-56-32(55)49-34(11-12-34)30(39)40)21-7-10-23(36)25(15-21)52-28(27(37)38)46-18-48-52/h3-7,10,15-16,18,22,26-27,30H,8-9,11-14,17H2,1-2H3,(H2,44,45)(H,49,55)/t26-/m1/s1. The SMILES string of the molecule is CC(C)(CCNC(=N)N(C(=O)c1ccc(-c2cnn(C3CC3)n2)cc1)[C@H](COC(=O)NC1(C(F)F)CC1)c1ccc(Cl)c(-n2ncnc2C(F)F)c1)C(F)(F)F. The molecule has 300 valence electrons. The van der Waals surface area contributed by atoms with Crippen LogP contribution in [0.5, 0.6) is 0 Å². The van der Waals surface area contributed by atoms with Crippen molar-refractivity contribution in [3.63, 3.8) is 0 Å². The largest absolute Gasteiger partial charge is 0.447 e. The molecule has 0 bridgehead atoms. The van der Waals surface area contributed by atoms with Gasteiger partial charge in [-0.2, -0.15) is 33.3 Å². The normalized spacial score (nSPS) is 15.8. The van der Waals surface area contributed by atoms with Crippen molar-refractivity contribution < 1.29 is 45.1 Å². The van der Waals surface area contributed by atoms with Gasteiger partial charge >= 0.3 is 12.3 Å². The molecule has 1 atom stereocenters. The molecule has 6 rings (SSSR count). The third kappa shape index (κ3) is 8.74. The predicted molar refractivity (Wildman–Crippen MR) is 187 cm³/mol. The van der Waals surface area contributed by atoms with E-state index in [9.17, 15) is 40.3 Å². The van der Waals surface area contributed by atoms with E-state index in [0.717, 1.165) is 42.6 Å². The minimum Gasteiger partial charge on any atom is -0.447 e. The number of aromatic nitrogens is 6. The van der Waals surface area contributed by atoms with Gasteiger partial charge < -0.3 is 15.4 Å². The lowest BCUT2D eigenvalue weighted by Crippen LogP contribution is -2.49. The maximum Gasteiger partial charge on any atom is 0.407 e. The van der Waals surface area contributed by atoms with Crippen molar-refractivity contribution in [2.24, 2.45) is 5.41 Å². The Morgan fingerprint density at radius 3 is 2.38 bits per heavy atom. The molecule has 2 fully saturated rings. The molecule has 0 spiro atoms. The zero-order valence-electron chi connectivity index (χ0n) is 29.8. The van der Waals surface area contributed by atoms with Crippen LogP contribution in [-0.2, 0) is 4.74 Å². The van der Waals surface area contributed by atoms with Crippen LogP contribution < -0.4 is 10.6 Å². The Morgan fingerprint density at radius 2 is 1.77 bits per heavy atom. The summed E-state index contributed by atoms with van der Waals surface area (Å²) in [5, 5.41) is 26.2. The first-order chi connectivity index (χ1) is 26.4. The molecular formula is C35H36ClF7N10O3. The number of amides is 2. The smallest absolute Gasteiger partial charge is 0.407 e. The van der Waals surface area contributed by atoms with E-state index in [1.165, 1.54) is 30.3 Å². The molecule has 2 heterocycles. The average molecular weight is 813 g/mol. The number of guanidine groups is 1. The molecule has 2 amide bonds. The maximum atomic E-state index is 14.5. The number of ether oxygens (including phenoxy) is 1. The number of nitrogens with one attached hydrogen (secondary N) is 3. The topological polar surface area (TPSA) is 156 Å². The van der Waals surface area contributed by atoms with E-state index in [-0.39, 0.29) is 40.7 Å². The fourth-order valence-corrected chi connectivity index (χ4v) is 5.86. The first-order valence-corrected chi connectivity index (χ1v) is 17.7. The highest BCUT2D eigenvalue weighted by atomic mass is 35.5. The van der Waals surface area contributed by atoms with Gasteiger partial charge in [-0.25, -0.2) is 32.0 Å². The van der Waals surface area contributed by atoms with Gasteiger partial charge in [0.15, 0.2) is 11.8 Å². The van der Waals surface area contributed by atoms with Crippen LogP contribution >= 0.6 is 11.6 Å². The molecule has 3 N–H and O–H groups in total. The lowest BCUT2D eigenvalue weighted by molar-refractivity contribution is -0.213. The Balaban J connectivity index is 1.38. The van der Waals surface area contributed by atoms with Crippen molar-refractivity contribution in [2.75, 3.05) is 13.2 Å². The van der Waals surface area contributed by atoms with Crippen LogP contribution in [0.4, 0.5) is 35.5 Å². The van der Waals surface area contributed by atoms with Gasteiger partial charge in [0.1, 0.15) is 24.2 Å².